The van der Waals surface area contributed by atoms with Crippen LogP contribution >= 0.6 is 15.9 Å². The third kappa shape index (κ3) is 2.03. The molecular formula is C13H17BrN2. The molecule has 2 aliphatic heterocycles. The van der Waals surface area contributed by atoms with Crippen LogP contribution in [0.15, 0.2) is 24.5 Å². The number of fused-ring (bicyclic) bond motifs is 2. The third-order valence-corrected chi connectivity index (χ3v) is 4.66. The summed E-state index contributed by atoms with van der Waals surface area (Å²) in [5.74, 6) is 0. The Hall–Kier alpha value is -0.410. The second-order valence-electron chi connectivity index (χ2n) is 4.99. The van der Waals surface area contributed by atoms with Crippen molar-refractivity contribution in [1.82, 2.24) is 9.88 Å². The lowest BCUT2D eigenvalue weighted by Gasteiger charge is -2.37. The number of hydrogen-bond acceptors (Lipinski definition) is 2. The van der Waals surface area contributed by atoms with Gasteiger partial charge in [-0.15, -0.1) is 0 Å². The van der Waals surface area contributed by atoms with Crippen LogP contribution in [-0.2, 0) is 6.54 Å². The first-order valence-electron chi connectivity index (χ1n) is 6.11. The molecule has 2 bridgehead atoms. The Labute approximate surface area is 105 Å². The maximum atomic E-state index is 4.20. The second kappa shape index (κ2) is 4.46. The molecule has 0 N–H and O–H groups in total. The highest BCUT2D eigenvalue weighted by molar-refractivity contribution is 9.09. The van der Waals surface area contributed by atoms with Gasteiger partial charge in [0.25, 0.3) is 0 Å². The van der Waals surface area contributed by atoms with E-state index in [-0.39, 0.29) is 0 Å². The average molecular weight is 281 g/mol. The van der Waals surface area contributed by atoms with E-state index >= 15 is 0 Å². The van der Waals surface area contributed by atoms with Gasteiger partial charge in [0.05, 0.1) is 0 Å². The third-order valence-electron chi connectivity index (χ3n) is 3.91. The zero-order valence-electron chi connectivity index (χ0n) is 9.35. The van der Waals surface area contributed by atoms with Crippen LogP contribution in [0.5, 0.6) is 0 Å². The molecule has 2 nitrogen and oxygen atoms in total. The molecule has 0 aliphatic carbocycles. The van der Waals surface area contributed by atoms with Crippen molar-refractivity contribution >= 4 is 15.9 Å². The summed E-state index contributed by atoms with van der Waals surface area (Å²) in [4.78, 5) is 7.63. The highest BCUT2D eigenvalue weighted by Crippen LogP contribution is 2.39. The molecule has 0 amide bonds. The first-order chi connectivity index (χ1) is 7.83. The molecule has 0 aromatic carbocycles. The molecule has 0 saturated carbocycles. The summed E-state index contributed by atoms with van der Waals surface area (Å²) in [6.45, 7) is 1.09. The highest BCUT2D eigenvalue weighted by atomic mass is 79.9. The van der Waals surface area contributed by atoms with Crippen LogP contribution in [0, 0.1) is 0 Å². The van der Waals surface area contributed by atoms with Crippen LogP contribution in [0.3, 0.4) is 0 Å². The van der Waals surface area contributed by atoms with E-state index in [0.29, 0.717) is 0 Å². The summed E-state index contributed by atoms with van der Waals surface area (Å²) >= 11 is 3.78. The number of piperidine rings is 1. The summed E-state index contributed by atoms with van der Waals surface area (Å²) in [6.07, 6.45) is 9.25. The van der Waals surface area contributed by atoms with Crippen molar-refractivity contribution in [1.29, 1.82) is 0 Å². The number of nitrogens with zero attached hydrogens (tertiary/aromatic N) is 2. The van der Waals surface area contributed by atoms with Crippen LogP contribution in [0.4, 0.5) is 0 Å². The van der Waals surface area contributed by atoms with Gasteiger partial charge >= 0.3 is 0 Å². The van der Waals surface area contributed by atoms with Crippen LogP contribution in [0.25, 0.3) is 0 Å². The van der Waals surface area contributed by atoms with Crippen molar-refractivity contribution in [3.05, 3.63) is 30.1 Å². The van der Waals surface area contributed by atoms with Gasteiger partial charge in [-0.1, -0.05) is 22.0 Å². The minimum Gasteiger partial charge on any atom is -0.293 e. The molecule has 3 rings (SSSR count). The molecule has 2 atom stereocenters. The smallest absolute Gasteiger partial charge is 0.0312 e. The molecule has 1 aromatic rings. The van der Waals surface area contributed by atoms with E-state index < -0.39 is 0 Å². The Kier molecular flexibility index (Phi) is 2.99. The van der Waals surface area contributed by atoms with Crippen molar-refractivity contribution in [2.24, 2.45) is 0 Å². The fraction of sp³-hybridized carbons (Fsp3) is 0.615. The monoisotopic (exact) mass is 280 g/mol. The Morgan fingerprint density at radius 1 is 1.31 bits per heavy atom. The SMILES string of the molecule is BrC1CC2CCC(C1)N2Cc1cccnc1. The van der Waals surface area contributed by atoms with Crippen LogP contribution in [0.2, 0.25) is 0 Å². The van der Waals surface area contributed by atoms with E-state index in [4.69, 9.17) is 0 Å². The molecule has 1 aromatic heterocycles. The molecule has 2 fully saturated rings. The van der Waals surface area contributed by atoms with Crippen molar-refractivity contribution in [3.63, 3.8) is 0 Å². The predicted octanol–water partition coefficient (Wildman–Crippen LogP) is 2.97. The topological polar surface area (TPSA) is 16.1 Å². The number of pyridine rings is 1. The standard InChI is InChI=1S/C13H17BrN2/c14-11-6-12-3-4-13(7-11)16(12)9-10-2-1-5-15-8-10/h1-2,5,8,11-13H,3-4,6-7,9H2. The molecule has 0 spiro atoms. The quantitative estimate of drug-likeness (QED) is 0.775. The van der Waals surface area contributed by atoms with Gasteiger partial charge in [-0.25, -0.2) is 0 Å². The zero-order valence-corrected chi connectivity index (χ0v) is 10.9. The molecule has 3 heteroatoms. The molecule has 2 aliphatic rings. The fourth-order valence-corrected chi connectivity index (χ4v) is 4.03. The minimum absolute atomic E-state index is 0.746. The number of aromatic nitrogens is 1. The molecule has 16 heavy (non-hydrogen) atoms. The number of rotatable bonds is 2. The van der Waals surface area contributed by atoms with Crippen molar-refractivity contribution in [2.75, 3.05) is 0 Å². The number of halogens is 1. The van der Waals surface area contributed by atoms with Crippen LogP contribution < -0.4 is 0 Å². The predicted molar refractivity (Wildman–Crippen MR) is 68.5 cm³/mol. The maximum absolute atomic E-state index is 4.20. The van der Waals surface area contributed by atoms with E-state index in [1.165, 1.54) is 31.2 Å². The largest absolute Gasteiger partial charge is 0.293 e. The van der Waals surface area contributed by atoms with Gasteiger partial charge in [-0.3, -0.25) is 9.88 Å². The normalized spacial score (nSPS) is 34.2. The zero-order chi connectivity index (χ0) is 11.0. The van der Waals surface area contributed by atoms with Crippen molar-refractivity contribution in [3.8, 4) is 0 Å². The molecule has 0 radical (unpaired) electrons. The summed E-state index contributed by atoms with van der Waals surface area (Å²) in [5.41, 5.74) is 1.35. The molecule has 3 heterocycles. The van der Waals surface area contributed by atoms with Crippen LogP contribution in [0.1, 0.15) is 31.2 Å². The molecular weight excluding hydrogens is 264 g/mol. The van der Waals surface area contributed by atoms with E-state index in [9.17, 15) is 0 Å². The van der Waals surface area contributed by atoms with E-state index in [0.717, 1.165) is 23.5 Å². The van der Waals surface area contributed by atoms with E-state index in [1.807, 2.05) is 18.5 Å². The van der Waals surface area contributed by atoms with Crippen molar-refractivity contribution < 1.29 is 0 Å². The summed E-state index contributed by atoms with van der Waals surface area (Å²) < 4.78 is 0. The van der Waals surface area contributed by atoms with E-state index in [2.05, 4.69) is 31.9 Å². The lowest BCUT2D eigenvalue weighted by Crippen LogP contribution is -2.42. The van der Waals surface area contributed by atoms with Gasteiger partial charge in [-0.2, -0.15) is 0 Å². The molecule has 2 unspecified atom stereocenters. The Morgan fingerprint density at radius 3 is 2.69 bits per heavy atom. The minimum atomic E-state index is 0.746. The first kappa shape index (κ1) is 10.7. The number of alkyl halides is 1. The molecule has 2 saturated heterocycles. The van der Waals surface area contributed by atoms with E-state index in [1.54, 1.807) is 0 Å². The van der Waals surface area contributed by atoms with Gasteiger partial charge in [-0.05, 0) is 37.3 Å². The maximum Gasteiger partial charge on any atom is 0.0312 e. The van der Waals surface area contributed by atoms with Gasteiger partial charge in [0.15, 0.2) is 0 Å². The number of hydrogen-bond donors (Lipinski definition) is 0. The lowest BCUT2D eigenvalue weighted by atomic mass is 10.0. The molecule has 86 valence electrons. The average Bonchev–Trinajstić information content (AvgIpc) is 2.54. The summed E-state index contributed by atoms with van der Waals surface area (Å²) in [5, 5.41) is 0. The first-order valence-corrected chi connectivity index (χ1v) is 7.03. The van der Waals surface area contributed by atoms with Gasteiger partial charge in [0.2, 0.25) is 0 Å². The van der Waals surface area contributed by atoms with Gasteiger partial charge in [0, 0.05) is 35.8 Å². The Bertz CT molecular complexity index is 340. The Morgan fingerprint density at radius 2 is 2.06 bits per heavy atom. The summed E-state index contributed by atoms with van der Waals surface area (Å²) in [7, 11) is 0. The van der Waals surface area contributed by atoms with Gasteiger partial charge < -0.3 is 0 Å². The fourth-order valence-electron chi connectivity index (χ4n) is 3.17. The summed E-state index contributed by atoms with van der Waals surface area (Å²) in [6, 6.07) is 5.81. The van der Waals surface area contributed by atoms with Crippen LogP contribution in [-0.4, -0.2) is 26.8 Å². The lowest BCUT2D eigenvalue weighted by molar-refractivity contribution is 0.137. The van der Waals surface area contributed by atoms with Crippen molar-refractivity contribution in [2.45, 2.75) is 49.1 Å². The highest BCUT2D eigenvalue weighted by Gasteiger charge is 2.39. The van der Waals surface area contributed by atoms with Gasteiger partial charge in [0.1, 0.15) is 0 Å². The second-order valence-corrected chi connectivity index (χ2v) is 6.28. The Balaban J connectivity index is 1.72.